The lowest BCUT2D eigenvalue weighted by Crippen LogP contribution is -2.43. The summed E-state index contributed by atoms with van der Waals surface area (Å²) in [7, 11) is 1.61. The number of methoxy groups -OCH3 is 1. The maximum atomic E-state index is 13.4. The number of piperidine rings is 1. The van der Waals surface area contributed by atoms with E-state index in [-0.39, 0.29) is 18.0 Å². The Balaban J connectivity index is 1.43. The first-order valence-electron chi connectivity index (χ1n) is 10.8. The van der Waals surface area contributed by atoms with Crippen LogP contribution < -0.4 is 9.47 Å². The van der Waals surface area contributed by atoms with E-state index in [1.807, 2.05) is 18.2 Å². The molecule has 2 atom stereocenters. The van der Waals surface area contributed by atoms with Gasteiger partial charge in [-0.3, -0.25) is 4.90 Å². The number of aromatic nitrogens is 1. The van der Waals surface area contributed by atoms with Crippen molar-refractivity contribution in [2.75, 3.05) is 20.2 Å². The topological polar surface area (TPSA) is 68.0 Å². The number of fused-ring (bicyclic) bond motifs is 1. The second kappa shape index (κ2) is 9.24. The number of aliphatic hydroxyl groups excluding tert-OH is 1. The molecule has 31 heavy (non-hydrogen) atoms. The number of likely N-dealkylation sites (tertiary alicyclic amines) is 1. The summed E-state index contributed by atoms with van der Waals surface area (Å²) in [5, 5.41) is 14.9. The first-order valence-corrected chi connectivity index (χ1v) is 10.8. The number of rotatable bonds is 7. The highest BCUT2D eigenvalue weighted by atomic mass is 19.1. The normalized spacial score (nSPS) is 17.6. The van der Waals surface area contributed by atoms with Crippen LogP contribution in [0.5, 0.6) is 11.5 Å². The van der Waals surface area contributed by atoms with Gasteiger partial charge >= 0.3 is 0 Å². The monoisotopic (exact) mass is 428 g/mol. The summed E-state index contributed by atoms with van der Waals surface area (Å²) in [6.45, 7) is 5.57. The van der Waals surface area contributed by atoms with Crippen LogP contribution in [0.15, 0.2) is 40.9 Å². The smallest absolute Gasteiger partial charge is 0.170 e. The van der Waals surface area contributed by atoms with E-state index in [1.54, 1.807) is 20.1 Å². The van der Waals surface area contributed by atoms with E-state index in [9.17, 15) is 9.50 Å². The molecule has 0 aliphatic carbocycles. The highest BCUT2D eigenvalue weighted by molar-refractivity contribution is 5.79. The van der Waals surface area contributed by atoms with Gasteiger partial charge in [0.05, 0.1) is 18.9 Å². The Labute approximate surface area is 181 Å². The Kier molecular flexibility index (Phi) is 6.43. The van der Waals surface area contributed by atoms with E-state index >= 15 is 0 Å². The van der Waals surface area contributed by atoms with Gasteiger partial charge < -0.3 is 19.1 Å². The quantitative estimate of drug-likeness (QED) is 0.570. The van der Waals surface area contributed by atoms with Crippen LogP contribution in [0, 0.1) is 5.82 Å². The molecule has 3 aromatic rings. The number of ether oxygens (including phenoxy) is 2. The molecular weight excluding hydrogens is 399 g/mol. The minimum Gasteiger partial charge on any atom is -0.493 e. The zero-order chi connectivity index (χ0) is 22.0. The Morgan fingerprint density at radius 1 is 1.19 bits per heavy atom. The van der Waals surface area contributed by atoms with Crippen LogP contribution in [0.3, 0.4) is 0 Å². The summed E-state index contributed by atoms with van der Waals surface area (Å²) in [5.74, 6) is 1.25. The standard InChI is InChI=1S/C24H29FN2O4/c1-4-23(30-20-8-5-17(15(2)28)13-22(20)29-3)27-11-9-16(10-12-27)24-19-7-6-18(25)14-21(19)31-26-24/h5-8,13-16,23,28H,4,9-12H2,1-3H3/t15-,23?/m1/s1. The maximum Gasteiger partial charge on any atom is 0.170 e. The van der Waals surface area contributed by atoms with E-state index < -0.39 is 6.10 Å². The van der Waals surface area contributed by atoms with Crippen molar-refractivity contribution in [2.24, 2.45) is 0 Å². The van der Waals surface area contributed by atoms with Crippen LogP contribution in [0.4, 0.5) is 4.39 Å². The van der Waals surface area contributed by atoms with E-state index in [0.717, 1.165) is 49.0 Å². The second-order valence-electron chi connectivity index (χ2n) is 8.09. The van der Waals surface area contributed by atoms with Crippen LogP contribution in [0.2, 0.25) is 0 Å². The largest absolute Gasteiger partial charge is 0.493 e. The van der Waals surface area contributed by atoms with Crippen molar-refractivity contribution in [3.05, 3.63) is 53.5 Å². The van der Waals surface area contributed by atoms with Gasteiger partial charge in [0.25, 0.3) is 0 Å². The molecule has 1 aromatic heterocycles. The Hall–Kier alpha value is -2.64. The van der Waals surface area contributed by atoms with Gasteiger partial charge in [-0.1, -0.05) is 18.1 Å². The zero-order valence-electron chi connectivity index (χ0n) is 18.2. The van der Waals surface area contributed by atoms with Crippen LogP contribution in [0.25, 0.3) is 11.0 Å². The molecule has 6 nitrogen and oxygen atoms in total. The minimum absolute atomic E-state index is 0.0737. The van der Waals surface area contributed by atoms with Gasteiger partial charge in [-0.25, -0.2) is 4.39 Å². The maximum absolute atomic E-state index is 13.4. The third kappa shape index (κ3) is 4.52. The average Bonchev–Trinajstić information content (AvgIpc) is 3.20. The number of aliphatic hydroxyl groups is 1. The van der Waals surface area contributed by atoms with Crippen LogP contribution in [-0.4, -0.2) is 41.6 Å². The van der Waals surface area contributed by atoms with Crippen LogP contribution >= 0.6 is 0 Å². The molecular formula is C24H29FN2O4. The van der Waals surface area contributed by atoms with Crippen molar-refractivity contribution in [3.8, 4) is 11.5 Å². The first-order chi connectivity index (χ1) is 15.0. The molecule has 1 aliphatic heterocycles. The minimum atomic E-state index is -0.562. The lowest BCUT2D eigenvalue weighted by molar-refractivity contribution is 0.00428. The summed E-state index contributed by atoms with van der Waals surface area (Å²) in [6, 6.07) is 10.1. The average molecular weight is 429 g/mol. The van der Waals surface area contributed by atoms with Gasteiger partial charge in [-0.15, -0.1) is 0 Å². The van der Waals surface area contributed by atoms with Crippen molar-refractivity contribution < 1.29 is 23.5 Å². The zero-order valence-corrected chi connectivity index (χ0v) is 18.2. The Morgan fingerprint density at radius 3 is 2.65 bits per heavy atom. The fourth-order valence-electron chi connectivity index (χ4n) is 4.29. The summed E-state index contributed by atoms with van der Waals surface area (Å²) in [5.41, 5.74) is 2.21. The SMILES string of the molecule is CCC(Oc1ccc([C@@H](C)O)cc1OC)N1CCC(c2noc3cc(F)ccc23)CC1. The summed E-state index contributed by atoms with van der Waals surface area (Å²) >= 11 is 0. The molecule has 0 saturated carbocycles. The molecule has 0 radical (unpaired) electrons. The van der Waals surface area contributed by atoms with Gasteiger partial charge in [0.2, 0.25) is 0 Å². The van der Waals surface area contributed by atoms with Crippen LogP contribution in [0.1, 0.15) is 56.4 Å². The fraction of sp³-hybridized carbons (Fsp3) is 0.458. The molecule has 0 bridgehead atoms. The van der Waals surface area contributed by atoms with Crippen molar-refractivity contribution in [3.63, 3.8) is 0 Å². The molecule has 1 N–H and O–H groups in total. The van der Waals surface area contributed by atoms with Gasteiger partial charge in [-0.05, 0) is 56.0 Å². The summed E-state index contributed by atoms with van der Waals surface area (Å²) < 4.78 is 30.6. The van der Waals surface area contributed by atoms with Crippen molar-refractivity contribution in [2.45, 2.75) is 51.4 Å². The number of halogens is 1. The summed E-state index contributed by atoms with van der Waals surface area (Å²) in [4.78, 5) is 2.33. The number of hydrogen-bond acceptors (Lipinski definition) is 6. The molecule has 7 heteroatoms. The molecule has 1 saturated heterocycles. The third-order valence-electron chi connectivity index (χ3n) is 6.07. The molecule has 2 heterocycles. The molecule has 0 spiro atoms. The van der Waals surface area contributed by atoms with Gasteiger partial charge in [-0.2, -0.15) is 0 Å². The fourth-order valence-corrected chi connectivity index (χ4v) is 4.29. The highest BCUT2D eigenvalue weighted by Crippen LogP contribution is 2.35. The van der Waals surface area contributed by atoms with Crippen molar-refractivity contribution >= 4 is 11.0 Å². The molecule has 2 aromatic carbocycles. The van der Waals surface area contributed by atoms with Gasteiger partial charge in [0, 0.05) is 30.5 Å². The Morgan fingerprint density at radius 2 is 1.97 bits per heavy atom. The van der Waals surface area contributed by atoms with E-state index in [4.69, 9.17) is 14.0 Å². The molecule has 1 aliphatic rings. The van der Waals surface area contributed by atoms with E-state index in [1.165, 1.54) is 12.1 Å². The number of hydrogen-bond donors (Lipinski definition) is 1. The predicted molar refractivity (Wildman–Crippen MR) is 116 cm³/mol. The molecule has 0 amide bonds. The Bertz CT molecular complexity index is 1030. The highest BCUT2D eigenvalue weighted by Gasteiger charge is 2.29. The summed E-state index contributed by atoms with van der Waals surface area (Å²) in [6.07, 6.45) is 2.05. The predicted octanol–water partition coefficient (Wildman–Crippen LogP) is 5.02. The van der Waals surface area contributed by atoms with Crippen molar-refractivity contribution in [1.82, 2.24) is 10.1 Å². The van der Waals surface area contributed by atoms with Crippen molar-refractivity contribution in [1.29, 1.82) is 0 Å². The molecule has 1 fully saturated rings. The molecule has 166 valence electrons. The second-order valence-corrected chi connectivity index (χ2v) is 8.09. The number of benzene rings is 2. The lowest BCUT2D eigenvalue weighted by Gasteiger charge is -2.36. The third-order valence-corrected chi connectivity index (χ3v) is 6.07. The molecule has 4 rings (SSSR count). The molecule has 1 unspecified atom stereocenters. The van der Waals surface area contributed by atoms with Crippen LogP contribution in [-0.2, 0) is 0 Å². The van der Waals surface area contributed by atoms with E-state index in [0.29, 0.717) is 17.1 Å². The first kappa shape index (κ1) is 21.6. The van der Waals surface area contributed by atoms with E-state index in [2.05, 4.69) is 17.0 Å². The van der Waals surface area contributed by atoms with Gasteiger partial charge in [0.15, 0.2) is 23.3 Å². The lowest BCUT2D eigenvalue weighted by atomic mass is 9.91. The number of nitrogens with zero attached hydrogens (tertiary/aromatic N) is 2. The van der Waals surface area contributed by atoms with Gasteiger partial charge in [0.1, 0.15) is 5.82 Å².